The average molecular weight is 574 g/mol. The predicted octanol–water partition coefficient (Wildman–Crippen LogP) is -1.48. The molecule has 17 nitrogen and oxygen atoms in total. The Hall–Kier alpha value is -4.96. The van der Waals surface area contributed by atoms with Gasteiger partial charge in [0, 0.05) is 25.5 Å². The minimum Gasteiger partial charge on any atom is -0.481 e. The summed E-state index contributed by atoms with van der Waals surface area (Å²) in [5, 5.41) is 39.0. The maximum atomic E-state index is 13.9. The smallest absolute Gasteiger partial charge is 0.303 e. The molecule has 0 radical (unpaired) electrons. The van der Waals surface area contributed by atoms with Crippen LogP contribution in [0.15, 0.2) is 18.3 Å². The lowest BCUT2D eigenvalue weighted by Gasteiger charge is -2.30. The fraction of sp³-hybridized carbons (Fsp3) is 0.500. The van der Waals surface area contributed by atoms with E-state index in [1.807, 2.05) is 0 Å². The maximum Gasteiger partial charge on any atom is 0.303 e. The van der Waals surface area contributed by atoms with Gasteiger partial charge in [-0.25, -0.2) is 4.98 Å². The quantitative estimate of drug-likeness (QED) is 0.151. The Balaban J connectivity index is 1.83. The molecule has 2 aromatic heterocycles. The number of nitrogens with one attached hydrogen (secondary N) is 4. The van der Waals surface area contributed by atoms with Crippen LogP contribution < -0.4 is 20.9 Å². The lowest BCUT2D eigenvalue weighted by Crippen LogP contribution is -2.58. The van der Waals surface area contributed by atoms with E-state index >= 15 is 0 Å². The van der Waals surface area contributed by atoms with E-state index in [4.69, 9.17) is 5.11 Å². The first-order chi connectivity index (χ1) is 19.5. The van der Waals surface area contributed by atoms with Crippen molar-refractivity contribution in [1.29, 1.82) is 0 Å². The number of pyridine rings is 1. The summed E-state index contributed by atoms with van der Waals surface area (Å²) in [7, 11) is 0. The molecule has 0 bridgehead atoms. The van der Waals surface area contributed by atoms with Crippen molar-refractivity contribution in [1.82, 2.24) is 41.6 Å². The van der Waals surface area contributed by atoms with Gasteiger partial charge in [-0.1, -0.05) is 25.1 Å². The Morgan fingerprint density at radius 2 is 1.80 bits per heavy atom. The summed E-state index contributed by atoms with van der Waals surface area (Å²) in [6, 6.07) is -0.266. The van der Waals surface area contributed by atoms with E-state index in [0.717, 1.165) is 4.90 Å². The topological polar surface area (TPSA) is 250 Å². The van der Waals surface area contributed by atoms with Crippen LogP contribution in [0, 0.1) is 5.92 Å². The number of tetrazole rings is 1. The van der Waals surface area contributed by atoms with Crippen LogP contribution in [-0.4, -0.2) is 89.5 Å². The van der Waals surface area contributed by atoms with Crippen molar-refractivity contribution < 1.29 is 39.0 Å². The molecule has 3 atom stereocenters. The standard InChI is InChI=1S/C24H31N9O8/c1-12(2)20(28-17(34)6-8-19(37)38)23(40)27-14(5-7-18(35)36)24(41)33-15(10-13-4-3-9-25-21(13)33)22(39)26-11-16-29-31-32-30-16/h3-4,9,12,14-15,20H,5-8,10-11H2,1-2H3,(H,26,39)(H,27,40)(H,28,34)(H,35,36)(H,37,38)(H,29,30,31,32)/t14?,15-,20?/m0/s1. The minimum atomic E-state index is -1.39. The van der Waals surface area contributed by atoms with Crippen molar-refractivity contribution in [3.8, 4) is 0 Å². The normalized spacial score (nSPS) is 15.5. The van der Waals surface area contributed by atoms with E-state index in [2.05, 4.69) is 41.6 Å². The van der Waals surface area contributed by atoms with Gasteiger partial charge >= 0.3 is 11.9 Å². The van der Waals surface area contributed by atoms with E-state index in [9.17, 15) is 33.9 Å². The molecular formula is C24H31N9O8. The van der Waals surface area contributed by atoms with Crippen molar-refractivity contribution in [3.63, 3.8) is 0 Å². The zero-order chi connectivity index (χ0) is 30.1. The van der Waals surface area contributed by atoms with E-state index in [1.165, 1.54) is 6.20 Å². The summed E-state index contributed by atoms with van der Waals surface area (Å²) in [6.07, 6.45) is -0.0371. The third-order valence-electron chi connectivity index (χ3n) is 6.26. The molecule has 2 unspecified atom stereocenters. The van der Waals surface area contributed by atoms with Crippen LogP contribution in [0.5, 0.6) is 0 Å². The summed E-state index contributed by atoms with van der Waals surface area (Å²) in [4.78, 5) is 80.1. The first kappa shape index (κ1) is 30.6. The second kappa shape index (κ2) is 13.9. The molecule has 0 fully saturated rings. The zero-order valence-corrected chi connectivity index (χ0v) is 22.4. The van der Waals surface area contributed by atoms with E-state index in [1.54, 1.807) is 26.0 Å². The number of rotatable bonds is 14. The van der Waals surface area contributed by atoms with Crippen LogP contribution in [0.4, 0.5) is 5.82 Å². The number of aliphatic carboxylic acids is 2. The molecule has 0 aliphatic carbocycles. The molecule has 2 aromatic rings. The Morgan fingerprint density at radius 1 is 1.07 bits per heavy atom. The van der Waals surface area contributed by atoms with Gasteiger partial charge < -0.3 is 26.2 Å². The summed E-state index contributed by atoms with van der Waals surface area (Å²) in [6.45, 7) is 3.20. The largest absolute Gasteiger partial charge is 0.481 e. The lowest BCUT2D eigenvalue weighted by molar-refractivity contribution is -0.140. The number of anilines is 1. The van der Waals surface area contributed by atoms with Gasteiger partial charge in [0.2, 0.25) is 17.7 Å². The van der Waals surface area contributed by atoms with Crippen LogP contribution in [0.1, 0.15) is 50.9 Å². The van der Waals surface area contributed by atoms with E-state index in [0.29, 0.717) is 5.56 Å². The second-order valence-corrected chi connectivity index (χ2v) is 9.64. The molecule has 4 amide bonds. The van der Waals surface area contributed by atoms with Crippen LogP contribution in [0.25, 0.3) is 0 Å². The van der Waals surface area contributed by atoms with Crippen LogP contribution in [-0.2, 0) is 41.7 Å². The molecule has 0 saturated carbocycles. The van der Waals surface area contributed by atoms with Crippen LogP contribution in [0.2, 0.25) is 0 Å². The van der Waals surface area contributed by atoms with Gasteiger partial charge in [-0.3, -0.25) is 33.7 Å². The van der Waals surface area contributed by atoms with Gasteiger partial charge in [-0.15, -0.1) is 10.2 Å². The second-order valence-electron chi connectivity index (χ2n) is 9.64. The SMILES string of the molecule is CC(C)C(NC(=O)CCC(=O)O)C(=O)NC(CCC(=O)O)C(=O)N1c2ncccc2C[C@H]1C(=O)NCc1nn[nH]n1. The number of aromatic amines is 1. The molecule has 3 heterocycles. The van der Waals surface area contributed by atoms with Crippen molar-refractivity contribution in [2.45, 2.75) is 70.6 Å². The highest BCUT2D eigenvalue weighted by Crippen LogP contribution is 2.31. The number of hydrogen-bond acceptors (Lipinski definition) is 10. The van der Waals surface area contributed by atoms with Crippen LogP contribution >= 0.6 is 0 Å². The van der Waals surface area contributed by atoms with Gasteiger partial charge in [0.25, 0.3) is 5.91 Å². The number of amides is 4. The van der Waals surface area contributed by atoms with Gasteiger partial charge in [0.15, 0.2) is 5.82 Å². The van der Waals surface area contributed by atoms with Crippen molar-refractivity contribution >= 4 is 41.4 Å². The molecule has 0 spiro atoms. The molecule has 0 aromatic carbocycles. The number of carboxylic acids is 2. The number of carbonyl (C=O) groups is 6. The molecule has 1 aliphatic heterocycles. The molecule has 0 saturated heterocycles. The fourth-order valence-corrected chi connectivity index (χ4v) is 4.22. The summed E-state index contributed by atoms with van der Waals surface area (Å²) in [5.41, 5.74) is 0.592. The molecule has 220 valence electrons. The Labute approximate surface area is 233 Å². The first-order valence-corrected chi connectivity index (χ1v) is 12.8. The predicted molar refractivity (Wildman–Crippen MR) is 138 cm³/mol. The summed E-state index contributed by atoms with van der Waals surface area (Å²) >= 11 is 0. The first-order valence-electron chi connectivity index (χ1n) is 12.8. The Kier molecular flexibility index (Phi) is 10.4. The van der Waals surface area contributed by atoms with Gasteiger partial charge in [-0.05, 0) is 24.0 Å². The highest BCUT2D eigenvalue weighted by atomic mass is 16.4. The van der Waals surface area contributed by atoms with E-state index in [-0.39, 0.29) is 37.4 Å². The number of carbonyl (C=O) groups excluding carboxylic acids is 4. The van der Waals surface area contributed by atoms with Gasteiger partial charge in [0.1, 0.15) is 23.9 Å². The molecule has 17 heteroatoms. The van der Waals surface area contributed by atoms with Crippen molar-refractivity contribution in [2.75, 3.05) is 4.90 Å². The number of carboxylic acid groups (broad SMARTS) is 2. The fourth-order valence-electron chi connectivity index (χ4n) is 4.22. The maximum absolute atomic E-state index is 13.9. The van der Waals surface area contributed by atoms with Crippen molar-refractivity contribution in [3.05, 3.63) is 29.7 Å². The number of hydrogen-bond donors (Lipinski definition) is 6. The lowest BCUT2D eigenvalue weighted by atomic mass is 10.0. The number of H-pyrrole nitrogens is 1. The Morgan fingerprint density at radius 3 is 2.44 bits per heavy atom. The van der Waals surface area contributed by atoms with Gasteiger partial charge in [-0.2, -0.15) is 5.21 Å². The molecule has 1 aliphatic rings. The molecule has 3 rings (SSSR count). The molecule has 41 heavy (non-hydrogen) atoms. The average Bonchev–Trinajstić information content (AvgIpc) is 3.58. The monoisotopic (exact) mass is 573 g/mol. The third-order valence-corrected chi connectivity index (χ3v) is 6.26. The van der Waals surface area contributed by atoms with Crippen molar-refractivity contribution in [2.24, 2.45) is 5.92 Å². The van der Waals surface area contributed by atoms with E-state index < -0.39 is 72.5 Å². The summed E-state index contributed by atoms with van der Waals surface area (Å²) < 4.78 is 0. The number of aromatic nitrogens is 5. The zero-order valence-electron chi connectivity index (χ0n) is 22.4. The number of nitrogens with zero attached hydrogens (tertiary/aromatic N) is 5. The van der Waals surface area contributed by atoms with Crippen LogP contribution in [0.3, 0.4) is 0 Å². The molecular weight excluding hydrogens is 542 g/mol. The highest BCUT2D eigenvalue weighted by Gasteiger charge is 2.42. The highest BCUT2D eigenvalue weighted by molar-refractivity contribution is 6.06. The third kappa shape index (κ3) is 8.26. The Bertz CT molecular complexity index is 1280. The molecule has 6 N–H and O–H groups in total. The van der Waals surface area contributed by atoms with Gasteiger partial charge in [0.05, 0.1) is 13.0 Å². The number of fused-ring (bicyclic) bond motifs is 1. The minimum absolute atomic E-state index is 0.0749. The summed E-state index contributed by atoms with van der Waals surface area (Å²) in [5.74, 6) is -5.23.